The molecule has 0 saturated heterocycles. The fraction of sp³-hybridized carbons (Fsp3) is 0.0455. The van der Waals surface area contributed by atoms with E-state index < -0.39 is 0 Å². The van der Waals surface area contributed by atoms with Gasteiger partial charge in [-0.2, -0.15) is 4.57 Å². The van der Waals surface area contributed by atoms with Gasteiger partial charge in [-0.25, -0.2) is 0 Å². The molecule has 2 aromatic carbocycles. The van der Waals surface area contributed by atoms with Crippen LogP contribution in [0.5, 0.6) is 0 Å². The normalized spacial score (nSPS) is 13.6. The summed E-state index contributed by atoms with van der Waals surface area (Å²) < 4.78 is 1.67. The number of pyridine rings is 1. The molecule has 0 aliphatic heterocycles. The Hall–Kier alpha value is -3.24. The molecule has 0 amide bonds. The Kier molecular flexibility index (Phi) is 4.34. The van der Waals surface area contributed by atoms with Crippen LogP contribution in [0, 0.1) is 6.92 Å². The fourth-order valence-electron chi connectivity index (χ4n) is 3.17. The molecule has 3 aromatic rings. The number of nitrogens with one attached hydrogen (secondary N) is 1. The van der Waals surface area contributed by atoms with E-state index in [0.29, 0.717) is 21.8 Å². The third-order valence-corrected chi connectivity index (χ3v) is 4.75. The van der Waals surface area contributed by atoms with Gasteiger partial charge in [0.15, 0.2) is 18.1 Å². The average Bonchev–Trinajstić information content (AvgIpc) is 2.68. The van der Waals surface area contributed by atoms with Crippen molar-refractivity contribution in [1.82, 2.24) is 0 Å². The van der Waals surface area contributed by atoms with E-state index in [9.17, 15) is 9.59 Å². The van der Waals surface area contributed by atoms with Crippen LogP contribution in [0.25, 0.3) is 5.70 Å². The third kappa shape index (κ3) is 3.04. The molecular weight excluding hydrogens is 360 g/mol. The molecule has 27 heavy (non-hydrogen) atoms. The number of halogens is 1. The summed E-state index contributed by atoms with van der Waals surface area (Å²) in [7, 11) is 0. The average molecular weight is 376 g/mol. The largest absolute Gasteiger partial charge is 0.346 e. The van der Waals surface area contributed by atoms with Crippen molar-refractivity contribution in [2.45, 2.75) is 6.92 Å². The highest BCUT2D eigenvalue weighted by Crippen LogP contribution is 2.29. The van der Waals surface area contributed by atoms with Crippen molar-refractivity contribution in [3.63, 3.8) is 0 Å². The van der Waals surface area contributed by atoms with Crippen LogP contribution < -0.4 is 9.88 Å². The van der Waals surface area contributed by atoms with Crippen LogP contribution in [0.4, 0.5) is 5.69 Å². The van der Waals surface area contributed by atoms with Gasteiger partial charge in [-0.15, -0.1) is 0 Å². The Labute approximate surface area is 161 Å². The van der Waals surface area contributed by atoms with E-state index in [4.69, 9.17) is 11.6 Å². The zero-order valence-corrected chi connectivity index (χ0v) is 15.3. The second kappa shape index (κ2) is 6.82. The summed E-state index contributed by atoms with van der Waals surface area (Å²) in [5.74, 6) is -0.415. The number of carbonyl (C=O) groups excluding carboxylic acids is 2. The van der Waals surface area contributed by atoms with E-state index in [2.05, 4.69) is 5.32 Å². The highest BCUT2D eigenvalue weighted by molar-refractivity contribution is 6.36. The van der Waals surface area contributed by atoms with E-state index in [0.717, 1.165) is 11.3 Å². The number of anilines is 1. The number of hydrogen-bond donors (Lipinski definition) is 1. The van der Waals surface area contributed by atoms with Gasteiger partial charge < -0.3 is 5.32 Å². The smallest absolute Gasteiger partial charge is 0.286 e. The molecule has 1 aliphatic rings. The first-order valence-corrected chi connectivity index (χ1v) is 8.86. The lowest BCUT2D eigenvalue weighted by Crippen LogP contribution is -2.41. The van der Waals surface area contributed by atoms with Crippen molar-refractivity contribution in [2.75, 3.05) is 5.32 Å². The molecule has 1 N–H and O–H groups in total. The minimum absolute atomic E-state index is 0.199. The van der Waals surface area contributed by atoms with Crippen molar-refractivity contribution in [3.05, 3.63) is 100 Å². The number of ketones is 2. The highest BCUT2D eigenvalue weighted by atomic mass is 35.5. The second-order valence-electron chi connectivity index (χ2n) is 6.29. The predicted molar refractivity (Wildman–Crippen MR) is 105 cm³/mol. The van der Waals surface area contributed by atoms with Crippen LogP contribution in [0.1, 0.15) is 26.3 Å². The summed E-state index contributed by atoms with van der Waals surface area (Å²) in [6.45, 7) is 1.90. The number of rotatable bonds is 3. The molecule has 1 aliphatic carbocycles. The number of aryl methyl sites for hydroxylation is 1. The van der Waals surface area contributed by atoms with E-state index >= 15 is 0 Å². The van der Waals surface area contributed by atoms with Gasteiger partial charge in [0, 0.05) is 34.0 Å². The van der Waals surface area contributed by atoms with E-state index in [-0.39, 0.29) is 17.3 Å². The Bertz CT molecular complexity index is 1100. The van der Waals surface area contributed by atoms with Gasteiger partial charge >= 0.3 is 0 Å². The number of fused-ring (bicyclic) bond motifs is 1. The van der Waals surface area contributed by atoms with Crippen LogP contribution in [0.3, 0.4) is 0 Å². The number of hydrogen-bond acceptors (Lipinski definition) is 3. The van der Waals surface area contributed by atoms with Crippen molar-refractivity contribution in [1.29, 1.82) is 0 Å². The Morgan fingerprint density at radius 1 is 0.852 bits per heavy atom. The van der Waals surface area contributed by atoms with Gasteiger partial charge in [-0.3, -0.25) is 9.59 Å². The fourth-order valence-corrected chi connectivity index (χ4v) is 3.40. The SMILES string of the molecule is Cc1cc(Cl)ccc1NC1=C([n+]2ccccc2)C(=O)c2ccccc2C1=O. The van der Waals surface area contributed by atoms with Gasteiger partial charge in [-0.1, -0.05) is 41.9 Å². The number of allylic oxidation sites excluding steroid dienone is 2. The molecule has 0 unspecified atom stereocenters. The summed E-state index contributed by atoms with van der Waals surface area (Å²) in [4.78, 5) is 26.4. The number of nitrogens with zero attached hydrogens (tertiary/aromatic N) is 1. The summed E-state index contributed by atoms with van der Waals surface area (Å²) in [6.07, 6.45) is 3.51. The Morgan fingerprint density at radius 2 is 1.52 bits per heavy atom. The number of Topliss-reactive ketones (excluding diaryl/α,β-unsaturated/α-hetero) is 2. The monoisotopic (exact) mass is 375 g/mol. The van der Waals surface area contributed by atoms with Crippen molar-refractivity contribution >= 4 is 34.6 Å². The lowest BCUT2D eigenvalue weighted by atomic mass is 9.90. The number of carbonyl (C=O) groups is 2. The van der Waals surface area contributed by atoms with Gasteiger partial charge in [0.1, 0.15) is 0 Å². The third-order valence-electron chi connectivity index (χ3n) is 4.52. The van der Waals surface area contributed by atoms with Crippen LogP contribution in [0.15, 0.2) is 78.8 Å². The predicted octanol–water partition coefficient (Wildman–Crippen LogP) is 4.30. The van der Waals surface area contributed by atoms with Crippen molar-refractivity contribution in [2.24, 2.45) is 0 Å². The second-order valence-corrected chi connectivity index (χ2v) is 6.73. The van der Waals surface area contributed by atoms with Crippen LogP contribution in [-0.4, -0.2) is 11.6 Å². The molecule has 132 valence electrons. The van der Waals surface area contributed by atoms with Gasteiger partial charge in [0.05, 0.1) is 0 Å². The zero-order valence-electron chi connectivity index (χ0n) is 14.6. The molecular formula is C22H16ClN2O2+. The minimum Gasteiger partial charge on any atom is -0.346 e. The first-order valence-electron chi connectivity index (χ1n) is 8.49. The Morgan fingerprint density at radius 3 is 2.19 bits per heavy atom. The topological polar surface area (TPSA) is 50.1 Å². The van der Waals surface area contributed by atoms with E-state index in [1.165, 1.54) is 0 Å². The number of aromatic nitrogens is 1. The van der Waals surface area contributed by atoms with Crippen LogP contribution in [0.2, 0.25) is 5.02 Å². The summed E-state index contributed by atoms with van der Waals surface area (Å²) >= 11 is 6.04. The molecule has 0 fully saturated rings. The molecule has 1 aromatic heterocycles. The molecule has 0 radical (unpaired) electrons. The standard InChI is InChI=1S/C22H15ClN2O2/c1-14-13-15(23)9-10-18(14)24-19-20(25-11-5-2-6-12-25)22(27)17-8-4-3-7-16(17)21(19)26/h2-13H,1H3/p+1. The highest BCUT2D eigenvalue weighted by Gasteiger charge is 2.38. The van der Waals surface area contributed by atoms with Crippen molar-refractivity contribution < 1.29 is 14.2 Å². The summed E-state index contributed by atoms with van der Waals surface area (Å²) in [5.41, 5.74) is 2.97. The maximum absolute atomic E-state index is 13.2. The molecule has 1 heterocycles. The minimum atomic E-state index is -0.217. The molecule has 0 spiro atoms. The molecule has 4 rings (SSSR count). The summed E-state index contributed by atoms with van der Waals surface area (Å²) in [5, 5.41) is 3.79. The van der Waals surface area contributed by atoms with E-state index in [1.54, 1.807) is 53.4 Å². The number of benzene rings is 2. The maximum atomic E-state index is 13.2. The zero-order chi connectivity index (χ0) is 19.0. The van der Waals surface area contributed by atoms with Crippen molar-refractivity contribution in [3.8, 4) is 0 Å². The molecule has 0 bridgehead atoms. The van der Waals surface area contributed by atoms with Crippen LogP contribution >= 0.6 is 11.6 Å². The Balaban J connectivity index is 1.92. The van der Waals surface area contributed by atoms with Gasteiger partial charge in [0.25, 0.3) is 11.5 Å². The van der Waals surface area contributed by atoms with Gasteiger partial charge in [0.2, 0.25) is 5.78 Å². The first kappa shape index (κ1) is 17.2. The molecule has 0 saturated carbocycles. The quantitative estimate of drug-likeness (QED) is 0.694. The maximum Gasteiger partial charge on any atom is 0.286 e. The molecule has 4 nitrogen and oxygen atoms in total. The molecule has 5 heteroatoms. The molecule has 0 atom stereocenters. The van der Waals surface area contributed by atoms with Gasteiger partial charge in [-0.05, 0) is 30.7 Å². The first-order chi connectivity index (χ1) is 13.1. The summed E-state index contributed by atoms with van der Waals surface area (Å²) in [6, 6.07) is 17.7. The van der Waals surface area contributed by atoms with Crippen LogP contribution in [-0.2, 0) is 0 Å². The lowest BCUT2D eigenvalue weighted by molar-refractivity contribution is -0.577. The van der Waals surface area contributed by atoms with E-state index in [1.807, 2.05) is 31.2 Å². The lowest BCUT2D eigenvalue weighted by Gasteiger charge is -2.19.